The molecule has 2 aromatic carbocycles. The lowest BCUT2D eigenvalue weighted by molar-refractivity contribution is 0.267. The Morgan fingerprint density at radius 3 is 2.42 bits per heavy atom. The maximum absolute atomic E-state index is 9.92. The van der Waals surface area contributed by atoms with Crippen LogP contribution in [0.15, 0.2) is 48.5 Å². The van der Waals surface area contributed by atoms with Crippen LogP contribution in [0, 0.1) is 6.92 Å². The zero-order chi connectivity index (χ0) is 13.7. The minimum absolute atomic E-state index is 0.386. The Kier molecular flexibility index (Phi) is 4.58. The average molecular weight is 255 g/mol. The van der Waals surface area contributed by atoms with E-state index in [9.17, 15) is 5.11 Å². The third-order valence-electron chi connectivity index (χ3n) is 3.33. The first kappa shape index (κ1) is 13.6. The molecule has 0 radical (unpaired) electrons. The fourth-order valence-electron chi connectivity index (χ4n) is 2.20. The smallest absolute Gasteiger partial charge is 0.120 e. The summed E-state index contributed by atoms with van der Waals surface area (Å²) < 4.78 is 0. The van der Waals surface area contributed by atoms with E-state index in [1.807, 2.05) is 12.1 Å². The van der Waals surface area contributed by atoms with Crippen molar-refractivity contribution >= 4 is 0 Å². The number of rotatable bonds is 5. The standard InChI is InChI=1S/C17H21NO/c1-3-18(12-15-7-5-4-6-8-15)13-16-11-14(2)9-10-17(16)19/h4-11,19H,3,12-13H2,1-2H3. The second-order valence-electron chi connectivity index (χ2n) is 4.92. The molecule has 0 unspecified atom stereocenters. The molecule has 0 bridgehead atoms. The van der Waals surface area contributed by atoms with Gasteiger partial charge in [-0.3, -0.25) is 4.90 Å². The average Bonchev–Trinajstić information content (AvgIpc) is 2.43. The second kappa shape index (κ2) is 6.39. The van der Waals surface area contributed by atoms with Crippen molar-refractivity contribution in [2.45, 2.75) is 26.9 Å². The Balaban J connectivity index is 2.09. The zero-order valence-electron chi connectivity index (χ0n) is 11.6. The SMILES string of the molecule is CCN(Cc1ccccc1)Cc1cc(C)ccc1O. The lowest BCUT2D eigenvalue weighted by Gasteiger charge is -2.21. The van der Waals surface area contributed by atoms with Gasteiger partial charge in [-0.25, -0.2) is 0 Å². The number of aryl methyl sites for hydroxylation is 1. The van der Waals surface area contributed by atoms with Gasteiger partial charge in [-0.1, -0.05) is 55.0 Å². The molecule has 0 amide bonds. The van der Waals surface area contributed by atoms with Crippen molar-refractivity contribution in [3.8, 4) is 5.75 Å². The van der Waals surface area contributed by atoms with Crippen molar-refractivity contribution in [3.05, 3.63) is 65.2 Å². The molecule has 2 aromatic rings. The molecule has 0 fully saturated rings. The Labute approximate surface area is 115 Å². The van der Waals surface area contributed by atoms with E-state index in [2.05, 4.69) is 49.1 Å². The molecule has 0 aromatic heterocycles. The first-order valence-electron chi connectivity index (χ1n) is 6.74. The van der Waals surface area contributed by atoms with E-state index < -0.39 is 0 Å². The van der Waals surface area contributed by atoms with E-state index >= 15 is 0 Å². The summed E-state index contributed by atoms with van der Waals surface area (Å²) in [4.78, 5) is 2.32. The van der Waals surface area contributed by atoms with Crippen LogP contribution < -0.4 is 0 Å². The fraction of sp³-hybridized carbons (Fsp3) is 0.294. The van der Waals surface area contributed by atoms with Gasteiger partial charge < -0.3 is 5.11 Å². The minimum atomic E-state index is 0.386. The molecule has 0 atom stereocenters. The molecule has 2 nitrogen and oxygen atoms in total. The van der Waals surface area contributed by atoms with Crippen LogP contribution in [-0.2, 0) is 13.1 Å². The van der Waals surface area contributed by atoms with Gasteiger partial charge in [0, 0.05) is 18.7 Å². The monoisotopic (exact) mass is 255 g/mol. The minimum Gasteiger partial charge on any atom is -0.508 e. The fourth-order valence-corrected chi connectivity index (χ4v) is 2.20. The quantitative estimate of drug-likeness (QED) is 0.880. The third kappa shape index (κ3) is 3.83. The van der Waals surface area contributed by atoms with Crippen molar-refractivity contribution in [2.24, 2.45) is 0 Å². The summed E-state index contributed by atoms with van der Waals surface area (Å²) in [5, 5.41) is 9.92. The number of benzene rings is 2. The van der Waals surface area contributed by atoms with Crippen LogP contribution in [0.4, 0.5) is 0 Å². The highest BCUT2D eigenvalue weighted by molar-refractivity contribution is 5.35. The highest BCUT2D eigenvalue weighted by atomic mass is 16.3. The molecule has 1 N–H and O–H groups in total. The number of aromatic hydroxyl groups is 1. The molecule has 0 aliphatic carbocycles. The lowest BCUT2D eigenvalue weighted by Crippen LogP contribution is -2.22. The Morgan fingerprint density at radius 2 is 1.74 bits per heavy atom. The van der Waals surface area contributed by atoms with Gasteiger partial charge in [0.25, 0.3) is 0 Å². The summed E-state index contributed by atoms with van der Waals surface area (Å²) >= 11 is 0. The molecule has 0 aliphatic heterocycles. The number of hydrogen-bond donors (Lipinski definition) is 1. The van der Waals surface area contributed by atoms with Crippen LogP contribution >= 0.6 is 0 Å². The van der Waals surface area contributed by atoms with Gasteiger partial charge in [0.1, 0.15) is 5.75 Å². The van der Waals surface area contributed by atoms with E-state index in [4.69, 9.17) is 0 Å². The first-order chi connectivity index (χ1) is 9.19. The van der Waals surface area contributed by atoms with Crippen LogP contribution in [0.25, 0.3) is 0 Å². The summed E-state index contributed by atoms with van der Waals surface area (Å²) in [5.74, 6) is 0.386. The number of nitrogens with zero attached hydrogens (tertiary/aromatic N) is 1. The van der Waals surface area contributed by atoms with Gasteiger partial charge in [0.15, 0.2) is 0 Å². The maximum atomic E-state index is 9.92. The first-order valence-corrected chi connectivity index (χ1v) is 6.74. The normalized spacial score (nSPS) is 10.9. The molecular formula is C17H21NO. The molecule has 0 saturated carbocycles. The predicted octanol–water partition coefficient (Wildman–Crippen LogP) is 3.72. The topological polar surface area (TPSA) is 23.5 Å². The number of phenols is 1. The molecule has 0 spiro atoms. The molecule has 0 aliphatic rings. The zero-order valence-corrected chi connectivity index (χ0v) is 11.6. The largest absolute Gasteiger partial charge is 0.508 e. The molecular weight excluding hydrogens is 234 g/mol. The van der Waals surface area contributed by atoms with Gasteiger partial charge in [-0.15, -0.1) is 0 Å². The van der Waals surface area contributed by atoms with Gasteiger partial charge in [0.2, 0.25) is 0 Å². The van der Waals surface area contributed by atoms with E-state index in [1.54, 1.807) is 6.07 Å². The number of hydrogen-bond acceptors (Lipinski definition) is 2. The molecule has 2 heteroatoms. The molecule has 0 heterocycles. The molecule has 2 rings (SSSR count). The van der Waals surface area contributed by atoms with E-state index in [1.165, 1.54) is 11.1 Å². The van der Waals surface area contributed by atoms with Crippen molar-refractivity contribution in [1.82, 2.24) is 4.90 Å². The summed E-state index contributed by atoms with van der Waals surface area (Å²) in [7, 11) is 0. The highest BCUT2D eigenvalue weighted by Crippen LogP contribution is 2.20. The van der Waals surface area contributed by atoms with Crippen LogP contribution in [0.5, 0.6) is 5.75 Å². The van der Waals surface area contributed by atoms with Crippen LogP contribution in [0.3, 0.4) is 0 Å². The maximum Gasteiger partial charge on any atom is 0.120 e. The number of phenolic OH excluding ortho intramolecular Hbond substituents is 1. The predicted molar refractivity (Wildman–Crippen MR) is 79.1 cm³/mol. The van der Waals surface area contributed by atoms with E-state index in [-0.39, 0.29) is 0 Å². The summed E-state index contributed by atoms with van der Waals surface area (Å²) in [5.41, 5.74) is 3.48. The van der Waals surface area contributed by atoms with Crippen molar-refractivity contribution < 1.29 is 5.11 Å². The molecule has 0 saturated heterocycles. The van der Waals surface area contributed by atoms with Crippen LogP contribution in [0.1, 0.15) is 23.6 Å². The van der Waals surface area contributed by atoms with Crippen LogP contribution in [0.2, 0.25) is 0 Å². The third-order valence-corrected chi connectivity index (χ3v) is 3.33. The van der Waals surface area contributed by atoms with Gasteiger partial charge >= 0.3 is 0 Å². The molecule has 19 heavy (non-hydrogen) atoms. The van der Waals surface area contributed by atoms with Crippen molar-refractivity contribution in [3.63, 3.8) is 0 Å². The van der Waals surface area contributed by atoms with E-state index in [0.717, 1.165) is 25.2 Å². The summed E-state index contributed by atoms with van der Waals surface area (Å²) in [6, 6.07) is 16.2. The Morgan fingerprint density at radius 1 is 1.00 bits per heavy atom. The Bertz CT molecular complexity index is 522. The summed E-state index contributed by atoms with van der Waals surface area (Å²) in [6.07, 6.45) is 0. The van der Waals surface area contributed by atoms with Gasteiger partial charge in [-0.2, -0.15) is 0 Å². The molecule has 100 valence electrons. The highest BCUT2D eigenvalue weighted by Gasteiger charge is 2.08. The van der Waals surface area contributed by atoms with Crippen LogP contribution in [-0.4, -0.2) is 16.6 Å². The van der Waals surface area contributed by atoms with Crippen molar-refractivity contribution in [1.29, 1.82) is 0 Å². The lowest BCUT2D eigenvalue weighted by atomic mass is 10.1. The van der Waals surface area contributed by atoms with Gasteiger partial charge in [-0.05, 0) is 25.1 Å². The van der Waals surface area contributed by atoms with E-state index in [0.29, 0.717) is 5.75 Å². The van der Waals surface area contributed by atoms with Gasteiger partial charge in [0.05, 0.1) is 0 Å². The Hall–Kier alpha value is -1.80. The van der Waals surface area contributed by atoms with Crippen molar-refractivity contribution in [2.75, 3.05) is 6.54 Å². The second-order valence-corrected chi connectivity index (χ2v) is 4.92. The summed E-state index contributed by atoms with van der Waals surface area (Å²) in [6.45, 7) is 6.85.